The van der Waals surface area contributed by atoms with Gasteiger partial charge in [-0.25, -0.2) is 0 Å². The zero-order valence-corrected chi connectivity index (χ0v) is 31.9. The molecule has 0 aliphatic heterocycles. The highest BCUT2D eigenvalue weighted by molar-refractivity contribution is 7.26. The fraction of sp³-hybridized carbons (Fsp3) is 0. The van der Waals surface area contributed by atoms with E-state index in [4.69, 9.17) is 0 Å². The molecule has 57 heavy (non-hydrogen) atoms. The molecule has 0 N–H and O–H groups in total. The third-order valence-electron chi connectivity index (χ3n) is 11.2. The number of nitrogens with zero attached hydrogens (tertiary/aromatic N) is 2. The molecule has 0 amide bonds. The van der Waals surface area contributed by atoms with E-state index < -0.39 is 0 Å². The Kier molecular flexibility index (Phi) is 8.04. The van der Waals surface area contributed by atoms with Gasteiger partial charge in [0.25, 0.3) is 0 Å². The molecule has 11 aromatic rings. The van der Waals surface area contributed by atoms with Crippen molar-refractivity contribution in [2.24, 2.45) is 0 Å². The number of anilines is 3. The van der Waals surface area contributed by atoms with Gasteiger partial charge in [0, 0.05) is 59.0 Å². The number of aromatic nitrogens is 1. The van der Waals surface area contributed by atoms with E-state index in [1.165, 1.54) is 75.4 Å². The fourth-order valence-electron chi connectivity index (χ4n) is 8.63. The van der Waals surface area contributed by atoms with E-state index in [1.54, 1.807) is 0 Å². The second kappa shape index (κ2) is 13.8. The maximum absolute atomic E-state index is 2.47. The largest absolute Gasteiger partial charge is 0.310 e. The van der Waals surface area contributed by atoms with Gasteiger partial charge in [0.1, 0.15) is 0 Å². The average molecular weight is 745 g/mol. The van der Waals surface area contributed by atoms with Crippen LogP contribution in [0.2, 0.25) is 0 Å². The van der Waals surface area contributed by atoms with Crippen LogP contribution in [0.5, 0.6) is 0 Å². The second-order valence-corrected chi connectivity index (χ2v) is 15.5. The lowest BCUT2D eigenvalue weighted by molar-refractivity contribution is 1.18. The number of hydrogen-bond acceptors (Lipinski definition) is 2. The summed E-state index contributed by atoms with van der Waals surface area (Å²) in [6.45, 7) is 0. The molecule has 0 aliphatic carbocycles. The zero-order chi connectivity index (χ0) is 37.7. The smallest absolute Gasteiger partial charge is 0.0541 e. The Bertz CT molecular complexity index is 3190. The van der Waals surface area contributed by atoms with Crippen LogP contribution in [0, 0.1) is 0 Å². The Morgan fingerprint density at radius 2 is 0.930 bits per heavy atom. The average Bonchev–Trinajstić information content (AvgIpc) is 3.83. The van der Waals surface area contributed by atoms with Crippen LogP contribution in [0.15, 0.2) is 218 Å². The van der Waals surface area contributed by atoms with Crippen LogP contribution in [-0.4, -0.2) is 4.57 Å². The highest BCUT2D eigenvalue weighted by Gasteiger charge is 2.23. The van der Waals surface area contributed by atoms with Crippen LogP contribution < -0.4 is 4.90 Å². The van der Waals surface area contributed by atoms with Gasteiger partial charge in [0.05, 0.1) is 22.4 Å². The minimum Gasteiger partial charge on any atom is -0.310 e. The molecular formula is C54H36N2S. The van der Waals surface area contributed by atoms with E-state index in [1.807, 2.05) is 11.3 Å². The number of thiophene rings is 1. The summed E-state index contributed by atoms with van der Waals surface area (Å²) in [6.07, 6.45) is 0. The molecule has 0 bridgehead atoms. The predicted molar refractivity (Wildman–Crippen MR) is 245 cm³/mol. The third-order valence-corrected chi connectivity index (χ3v) is 12.4. The summed E-state index contributed by atoms with van der Waals surface area (Å²) in [5.41, 5.74) is 14.0. The highest BCUT2D eigenvalue weighted by atomic mass is 32.1. The van der Waals surface area contributed by atoms with Crippen molar-refractivity contribution in [3.8, 4) is 39.1 Å². The number of benzene rings is 9. The van der Waals surface area contributed by atoms with Crippen molar-refractivity contribution in [1.82, 2.24) is 4.57 Å². The number of para-hydroxylation sites is 4. The molecule has 0 radical (unpaired) electrons. The van der Waals surface area contributed by atoms with E-state index in [0.717, 1.165) is 22.7 Å². The first kappa shape index (κ1) is 33.2. The van der Waals surface area contributed by atoms with E-state index in [2.05, 4.69) is 228 Å². The predicted octanol–water partition coefficient (Wildman–Crippen LogP) is 15.6. The van der Waals surface area contributed by atoms with E-state index in [0.29, 0.717) is 0 Å². The number of hydrogen-bond donors (Lipinski definition) is 0. The van der Waals surface area contributed by atoms with Gasteiger partial charge in [-0.15, -0.1) is 11.3 Å². The van der Waals surface area contributed by atoms with Crippen molar-refractivity contribution in [3.05, 3.63) is 218 Å². The maximum Gasteiger partial charge on any atom is 0.0541 e. The summed E-state index contributed by atoms with van der Waals surface area (Å²) in [6, 6.07) is 79.4. The number of rotatable bonds is 7. The first-order valence-electron chi connectivity index (χ1n) is 19.4. The van der Waals surface area contributed by atoms with Crippen LogP contribution in [-0.2, 0) is 0 Å². The quantitative estimate of drug-likeness (QED) is 0.158. The van der Waals surface area contributed by atoms with Gasteiger partial charge < -0.3 is 9.47 Å². The summed E-state index contributed by atoms with van der Waals surface area (Å²) >= 11 is 1.88. The van der Waals surface area contributed by atoms with Crippen LogP contribution >= 0.6 is 11.3 Å². The van der Waals surface area contributed by atoms with Crippen molar-refractivity contribution in [1.29, 1.82) is 0 Å². The second-order valence-electron chi connectivity index (χ2n) is 14.5. The minimum atomic E-state index is 1.10. The molecule has 0 fully saturated rings. The van der Waals surface area contributed by atoms with Crippen molar-refractivity contribution >= 4 is 70.4 Å². The van der Waals surface area contributed by atoms with E-state index in [9.17, 15) is 0 Å². The molecule has 0 spiro atoms. The Morgan fingerprint density at radius 1 is 0.351 bits per heavy atom. The van der Waals surface area contributed by atoms with Gasteiger partial charge in [0.2, 0.25) is 0 Å². The molecule has 0 saturated carbocycles. The lowest BCUT2D eigenvalue weighted by Gasteiger charge is -2.29. The highest BCUT2D eigenvalue weighted by Crippen LogP contribution is 2.49. The van der Waals surface area contributed by atoms with Gasteiger partial charge in [-0.2, -0.15) is 0 Å². The third kappa shape index (κ3) is 5.63. The van der Waals surface area contributed by atoms with Crippen molar-refractivity contribution in [2.45, 2.75) is 0 Å². The first-order chi connectivity index (χ1) is 28.3. The molecule has 0 atom stereocenters. The maximum atomic E-state index is 2.47. The molecule has 2 aromatic heterocycles. The summed E-state index contributed by atoms with van der Waals surface area (Å²) < 4.78 is 5.02. The molecule has 0 saturated heterocycles. The summed E-state index contributed by atoms with van der Waals surface area (Å²) in [7, 11) is 0. The Balaban J connectivity index is 1.23. The van der Waals surface area contributed by atoms with Crippen LogP contribution in [0.25, 0.3) is 81.0 Å². The molecular weight excluding hydrogens is 709 g/mol. The van der Waals surface area contributed by atoms with Crippen LogP contribution in [0.1, 0.15) is 0 Å². The monoisotopic (exact) mass is 744 g/mol. The standard InChI is InChI=1S/C54H36N2S/c1-3-18-37(19-4-1)39-22-17-23-40(34-39)55(49-29-12-7-24-42(49)38-20-5-2-6-21-38)41-35-47(54-48(36-41)46-28-11-16-33-53(46)57-54)45-27-10-15-32-52(45)56-50-30-13-8-25-43(50)44-26-9-14-31-51(44)56/h1-36H. The molecule has 11 rings (SSSR count). The summed E-state index contributed by atoms with van der Waals surface area (Å²) in [5.74, 6) is 0. The van der Waals surface area contributed by atoms with Crippen molar-refractivity contribution < 1.29 is 0 Å². The minimum absolute atomic E-state index is 1.10. The van der Waals surface area contributed by atoms with E-state index >= 15 is 0 Å². The normalized spacial score (nSPS) is 11.5. The van der Waals surface area contributed by atoms with E-state index in [-0.39, 0.29) is 0 Å². The SMILES string of the molecule is c1ccc(-c2cccc(N(c3cc(-c4ccccc4-n4c5ccccc5c5ccccc54)c4sc5ccccc5c4c3)c3ccccc3-c3ccccc3)c2)cc1. The topological polar surface area (TPSA) is 8.17 Å². The van der Waals surface area contributed by atoms with Crippen molar-refractivity contribution in [3.63, 3.8) is 0 Å². The summed E-state index contributed by atoms with van der Waals surface area (Å²) in [5, 5.41) is 5.03. The Labute approximate surface area is 335 Å². The fourth-order valence-corrected chi connectivity index (χ4v) is 9.84. The zero-order valence-electron chi connectivity index (χ0n) is 31.1. The molecule has 3 heteroatoms. The van der Waals surface area contributed by atoms with Crippen LogP contribution in [0.3, 0.4) is 0 Å². The molecule has 0 unspecified atom stereocenters. The van der Waals surface area contributed by atoms with Crippen LogP contribution in [0.4, 0.5) is 17.1 Å². The molecule has 2 heterocycles. The first-order valence-corrected chi connectivity index (χ1v) is 20.3. The van der Waals surface area contributed by atoms with Gasteiger partial charge >= 0.3 is 0 Å². The molecule has 2 nitrogen and oxygen atoms in total. The van der Waals surface area contributed by atoms with Gasteiger partial charge in [-0.3, -0.25) is 0 Å². The Morgan fingerprint density at radius 3 is 1.68 bits per heavy atom. The van der Waals surface area contributed by atoms with Gasteiger partial charge in [0.15, 0.2) is 0 Å². The van der Waals surface area contributed by atoms with Gasteiger partial charge in [-0.05, 0) is 71.3 Å². The number of fused-ring (bicyclic) bond motifs is 6. The molecule has 268 valence electrons. The van der Waals surface area contributed by atoms with Crippen molar-refractivity contribution in [2.75, 3.05) is 4.90 Å². The Hall–Kier alpha value is -7.20. The molecule has 0 aliphatic rings. The molecule has 9 aromatic carbocycles. The summed E-state index contributed by atoms with van der Waals surface area (Å²) in [4.78, 5) is 2.47. The lowest BCUT2D eigenvalue weighted by atomic mass is 9.97. The lowest BCUT2D eigenvalue weighted by Crippen LogP contribution is -2.11. The van der Waals surface area contributed by atoms with Gasteiger partial charge in [-0.1, -0.05) is 164 Å².